The fourth-order valence-electron chi connectivity index (χ4n) is 2.50. The lowest BCUT2D eigenvalue weighted by molar-refractivity contribution is 0.474. The molecule has 5 heteroatoms. The van der Waals surface area contributed by atoms with Gasteiger partial charge in [-0.2, -0.15) is 0 Å². The third-order valence-electron chi connectivity index (χ3n) is 3.46. The first-order chi connectivity index (χ1) is 9.99. The van der Waals surface area contributed by atoms with Gasteiger partial charge in [-0.25, -0.2) is 4.98 Å². The molecule has 0 radical (unpaired) electrons. The van der Waals surface area contributed by atoms with E-state index >= 15 is 0 Å². The van der Waals surface area contributed by atoms with Crippen LogP contribution in [-0.2, 0) is 0 Å². The number of rotatable bonds is 1. The van der Waals surface area contributed by atoms with Crippen molar-refractivity contribution in [3.05, 3.63) is 58.1 Å². The SMILES string of the molecule is Cc1cc(O)ccc1-n1c(C)nc2cccc(O)c2c1=O. The topological polar surface area (TPSA) is 75.3 Å². The van der Waals surface area contributed by atoms with Gasteiger partial charge in [0.15, 0.2) is 0 Å². The van der Waals surface area contributed by atoms with Gasteiger partial charge in [0.1, 0.15) is 22.7 Å². The van der Waals surface area contributed by atoms with Crippen molar-refractivity contribution in [2.75, 3.05) is 0 Å². The summed E-state index contributed by atoms with van der Waals surface area (Å²) in [5.41, 5.74) is 1.51. The highest BCUT2D eigenvalue weighted by molar-refractivity contribution is 5.84. The van der Waals surface area contributed by atoms with Crippen molar-refractivity contribution in [3.8, 4) is 17.2 Å². The third kappa shape index (κ3) is 2.03. The Morgan fingerprint density at radius 1 is 1.10 bits per heavy atom. The van der Waals surface area contributed by atoms with Crippen molar-refractivity contribution >= 4 is 10.9 Å². The fraction of sp³-hybridized carbons (Fsp3) is 0.125. The molecule has 0 saturated heterocycles. The molecule has 0 fully saturated rings. The molecule has 2 aromatic carbocycles. The zero-order valence-corrected chi connectivity index (χ0v) is 11.7. The number of aromatic hydroxyl groups is 2. The van der Waals surface area contributed by atoms with E-state index in [1.54, 1.807) is 38.1 Å². The Hall–Kier alpha value is -2.82. The molecule has 5 nitrogen and oxygen atoms in total. The van der Waals surface area contributed by atoms with Crippen LogP contribution in [-0.4, -0.2) is 19.8 Å². The molecule has 3 rings (SSSR count). The zero-order chi connectivity index (χ0) is 15.1. The van der Waals surface area contributed by atoms with Crippen molar-refractivity contribution in [1.29, 1.82) is 0 Å². The number of aromatic nitrogens is 2. The summed E-state index contributed by atoms with van der Waals surface area (Å²) in [6, 6.07) is 9.57. The highest BCUT2D eigenvalue weighted by atomic mass is 16.3. The Bertz CT molecular complexity index is 913. The van der Waals surface area contributed by atoms with E-state index in [0.29, 0.717) is 17.0 Å². The summed E-state index contributed by atoms with van der Waals surface area (Å²) in [7, 11) is 0. The summed E-state index contributed by atoms with van der Waals surface area (Å²) in [6.07, 6.45) is 0. The van der Waals surface area contributed by atoms with Crippen LogP contribution < -0.4 is 5.56 Å². The van der Waals surface area contributed by atoms with E-state index in [1.807, 2.05) is 0 Å². The van der Waals surface area contributed by atoms with Gasteiger partial charge in [0, 0.05) is 0 Å². The Labute approximate surface area is 120 Å². The molecule has 3 aromatic rings. The number of hydrogen-bond acceptors (Lipinski definition) is 4. The quantitative estimate of drug-likeness (QED) is 0.718. The average molecular weight is 282 g/mol. The lowest BCUT2D eigenvalue weighted by atomic mass is 10.1. The molecule has 2 N–H and O–H groups in total. The maximum atomic E-state index is 12.7. The summed E-state index contributed by atoms with van der Waals surface area (Å²) < 4.78 is 1.44. The van der Waals surface area contributed by atoms with Crippen LogP contribution in [0.5, 0.6) is 11.5 Å². The molecule has 0 aliphatic rings. The number of fused-ring (bicyclic) bond motifs is 1. The predicted molar refractivity (Wildman–Crippen MR) is 80.1 cm³/mol. The van der Waals surface area contributed by atoms with Gasteiger partial charge in [0.25, 0.3) is 5.56 Å². The maximum Gasteiger partial charge on any atom is 0.269 e. The molecule has 0 unspecified atom stereocenters. The van der Waals surface area contributed by atoms with Crippen LogP contribution in [0.1, 0.15) is 11.4 Å². The first kappa shape index (κ1) is 13.2. The first-order valence-electron chi connectivity index (χ1n) is 6.50. The summed E-state index contributed by atoms with van der Waals surface area (Å²) in [5.74, 6) is 0.570. The average Bonchev–Trinajstić information content (AvgIpc) is 2.40. The van der Waals surface area contributed by atoms with E-state index in [2.05, 4.69) is 4.98 Å². The minimum absolute atomic E-state index is 0.0878. The Kier molecular flexibility index (Phi) is 2.90. The number of nitrogens with zero attached hydrogens (tertiary/aromatic N) is 2. The maximum absolute atomic E-state index is 12.7. The van der Waals surface area contributed by atoms with Crippen LogP contribution in [0, 0.1) is 13.8 Å². The summed E-state index contributed by atoms with van der Waals surface area (Å²) >= 11 is 0. The van der Waals surface area contributed by atoms with E-state index in [1.165, 1.54) is 16.7 Å². The standard InChI is InChI=1S/C16H14N2O3/c1-9-8-11(19)6-7-13(9)18-10(2)17-12-4-3-5-14(20)15(12)16(18)21/h3-8,19-20H,1-2H3. The Morgan fingerprint density at radius 2 is 1.86 bits per heavy atom. The number of aryl methyl sites for hydroxylation is 2. The highest BCUT2D eigenvalue weighted by Gasteiger charge is 2.14. The van der Waals surface area contributed by atoms with Gasteiger partial charge < -0.3 is 10.2 Å². The molecule has 0 spiro atoms. The predicted octanol–water partition coefficient (Wildman–Crippen LogP) is 2.41. The number of phenols is 2. The van der Waals surface area contributed by atoms with Gasteiger partial charge in [-0.1, -0.05) is 6.07 Å². The third-order valence-corrected chi connectivity index (χ3v) is 3.46. The van der Waals surface area contributed by atoms with Gasteiger partial charge >= 0.3 is 0 Å². The highest BCUT2D eigenvalue weighted by Crippen LogP contribution is 2.23. The molecule has 0 amide bonds. The first-order valence-corrected chi connectivity index (χ1v) is 6.50. The largest absolute Gasteiger partial charge is 0.508 e. The number of hydrogen-bond donors (Lipinski definition) is 2. The van der Waals surface area contributed by atoms with E-state index in [-0.39, 0.29) is 22.4 Å². The van der Waals surface area contributed by atoms with Gasteiger partial charge in [-0.15, -0.1) is 0 Å². The summed E-state index contributed by atoms with van der Waals surface area (Å²) in [6.45, 7) is 3.53. The second kappa shape index (κ2) is 4.63. The Morgan fingerprint density at radius 3 is 2.57 bits per heavy atom. The number of phenolic OH excluding ortho intramolecular Hbond substituents is 2. The van der Waals surface area contributed by atoms with E-state index in [9.17, 15) is 15.0 Å². The van der Waals surface area contributed by atoms with Crippen molar-refractivity contribution < 1.29 is 10.2 Å². The monoisotopic (exact) mass is 282 g/mol. The van der Waals surface area contributed by atoms with Crippen LogP contribution in [0.2, 0.25) is 0 Å². The minimum Gasteiger partial charge on any atom is -0.508 e. The Balaban J connectivity index is 2.43. The smallest absolute Gasteiger partial charge is 0.269 e. The molecule has 0 aliphatic carbocycles. The molecule has 1 heterocycles. The molecular weight excluding hydrogens is 268 g/mol. The van der Waals surface area contributed by atoms with Crippen LogP contribution in [0.4, 0.5) is 0 Å². The molecule has 0 saturated carbocycles. The molecule has 0 aliphatic heterocycles. The van der Waals surface area contributed by atoms with Crippen LogP contribution in [0.25, 0.3) is 16.6 Å². The summed E-state index contributed by atoms with van der Waals surface area (Å²) in [5, 5.41) is 19.6. The van der Waals surface area contributed by atoms with Crippen LogP contribution in [0.15, 0.2) is 41.2 Å². The lowest BCUT2D eigenvalue weighted by Gasteiger charge is -2.13. The molecule has 106 valence electrons. The molecule has 1 aromatic heterocycles. The molecule has 21 heavy (non-hydrogen) atoms. The van der Waals surface area contributed by atoms with E-state index < -0.39 is 0 Å². The van der Waals surface area contributed by atoms with Crippen molar-refractivity contribution in [2.45, 2.75) is 13.8 Å². The lowest BCUT2D eigenvalue weighted by Crippen LogP contribution is -2.23. The van der Waals surface area contributed by atoms with Crippen molar-refractivity contribution in [2.24, 2.45) is 0 Å². The second-order valence-electron chi connectivity index (χ2n) is 4.94. The van der Waals surface area contributed by atoms with Gasteiger partial charge in [0.2, 0.25) is 0 Å². The second-order valence-corrected chi connectivity index (χ2v) is 4.94. The van der Waals surface area contributed by atoms with E-state index in [0.717, 1.165) is 5.56 Å². The zero-order valence-electron chi connectivity index (χ0n) is 11.7. The van der Waals surface area contributed by atoms with Gasteiger partial charge in [-0.05, 0) is 49.7 Å². The minimum atomic E-state index is -0.329. The molecule has 0 atom stereocenters. The van der Waals surface area contributed by atoms with Gasteiger partial charge in [-0.3, -0.25) is 9.36 Å². The van der Waals surface area contributed by atoms with Crippen molar-refractivity contribution in [1.82, 2.24) is 9.55 Å². The van der Waals surface area contributed by atoms with E-state index in [4.69, 9.17) is 0 Å². The molecule has 0 bridgehead atoms. The fourth-order valence-corrected chi connectivity index (χ4v) is 2.50. The normalized spacial score (nSPS) is 11.0. The van der Waals surface area contributed by atoms with Crippen LogP contribution in [0.3, 0.4) is 0 Å². The number of benzene rings is 2. The summed E-state index contributed by atoms with van der Waals surface area (Å²) in [4.78, 5) is 17.1. The van der Waals surface area contributed by atoms with Crippen LogP contribution >= 0.6 is 0 Å². The van der Waals surface area contributed by atoms with Crippen molar-refractivity contribution in [3.63, 3.8) is 0 Å². The molecular formula is C16H14N2O3. The van der Waals surface area contributed by atoms with Gasteiger partial charge in [0.05, 0.1) is 11.2 Å².